The van der Waals surface area contributed by atoms with Gasteiger partial charge in [-0.1, -0.05) is 0 Å². The topological polar surface area (TPSA) is 0 Å². The monoisotopic (exact) mass is 214 g/mol. The Morgan fingerprint density at radius 3 is 1.86 bits per heavy atom. The summed E-state index contributed by atoms with van der Waals surface area (Å²) in [4.78, 5) is 0. The Morgan fingerprint density at radius 2 is 1.57 bits per heavy atom. The Labute approximate surface area is 58.6 Å². The average Bonchev–Trinajstić information content (AvgIpc) is 1.69. The first kappa shape index (κ1) is 5.92. The Kier molecular flexibility index (Phi) is 2.49. The predicted molar refractivity (Wildman–Crippen MR) is 34.0 cm³/mol. The van der Waals surface area contributed by atoms with Gasteiger partial charge in [0.15, 0.2) is 0 Å². The maximum atomic E-state index is 2.03. The number of hydrogen-bond acceptors (Lipinski definition) is 0. The van der Waals surface area contributed by atoms with Crippen molar-refractivity contribution < 1.29 is 0 Å². The fraction of sp³-hybridized carbons (Fsp3) is 1.00. The molecule has 0 aromatic carbocycles. The summed E-state index contributed by atoms with van der Waals surface area (Å²) in [6.07, 6.45) is 7.51. The van der Waals surface area contributed by atoms with Crippen LogP contribution in [0.5, 0.6) is 0 Å². The van der Waals surface area contributed by atoms with Crippen LogP contribution in [-0.4, -0.2) is 22.3 Å². The van der Waals surface area contributed by atoms with Crippen molar-refractivity contribution in [3.8, 4) is 0 Å². The SMILES string of the molecule is [TeH]C1CCCCC1. The summed E-state index contributed by atoms with van der Waals surface area (Å²) in [7, 11) is 0. The molecule has 0 amide bonds. The molecule has 0 bridgehead atoms. The molecule has 1 rings (SSSR count). The van der Waals surface area contributed by atoms with Crippen LogP contribution in [0.4, 0.5) is 0 Å². The van der Waals surface area contributed by atoms with Crippen molar-refractivity contribution in [3.63, 3.8) is 0 Å². The van der Waals surface area contributed by atoms with Crippen LogP contribution in [0, 0.1) is 0 Å². The van der Waals surface area contributed by atoms with E-state index in [0.717, 1.165) is 3.97 Å². The summed E-state index contributed by atoms with van der Waals surface area (Å²) < 4.78 is 1.09. The molecular weight excluding hydrogens is 200 g/mol. The van der Waals surface area contributed by atoms with Gasteiger partial charge in [-0.3, -0.25) is 0 Å². The molecule has 7 heavy (non-hydrogen) atoms. The van der Waals surface area contributed by atoms with E-state index in [1.54, 1.807) is 0 Å². The van der Waals surface area contributed by atoms with Gasteiger partial charge in [-0.2, -0.15) is 0 Å². The van der Waals surface area contributed by atoms with E-state index >= 15 is 0 Å². The van der Waals surface area contributed by atoms with Crippen LogP contribution in [0.25, 0.3) is 0 Å². The van der Waals surface area contributed by atoms with Gasteiger partial charge in [-0.25, -0.2) is 0 Å². The normalized spacial score (nSPS) is 25.3. The van der Waals surface area contributed by atoms with Crippen LogP contribution in [0.2, 0.25) is 3.97 Å². The van der Waals surface area contributed by atoms with Gasteiger partial charge in [0.2, 0.25) is 0 Å². The van der Waals surface area contributed by atoms with Crippen LogP contribution >= 0.6 is 0 Å². The molecule has 1 fully saturated rings. The van der Waals surface area contributed by atoms with Crippen LogP contribution in [0.3, 0.4) is 0 Å². The van der Waals surface area contributed by atoms with E-state index in [9.17, 15) is 0 Å². The zero-order valence-corrected chi connectivity index (χ0v) is 7.11. The summed E-state index contributed by atoms with van der Waals surface area (Å²) in [5, 5.41) is 0. The minimum absolute atomic E-state index is 1.09. The second-order valence-corrected chi connectivity index (χ2v) is 4.38. The molecular formula is C6H12Te. The quantitative estimate of drug-likeness (QED) is 0.535. The molecule has 0 radical (unpaired) electrons. The Hall–Kier alpha value is 0.790. The van der Waals surface area contributed by atoms with Gasteiger partial charge < -0.3 is 0 Å². The van der Waals surface area contributed by atoms with Crippen molar-refractivity contribution in [2.45, 2.75) is 36.1 Å². The molecule has 0 unspecified atom stereocenters. The van der Waals surface area contributed by atoms with E-state index in [1.165, 1.54) is 32.1 Å². The third-order valence-electron chi connectivity index (χ3n) is 1.57. The van der Waals surface area contributed by atoms with Crippen molar-refractivity contribution in [2.24, 2.45) is 0 Å². The van der Waals surface area contributed by atoms with Gasteiger partial charge in [0.1, 0.15) is 0 Å². The minimum atomic E-state index is 1.09. The van der Waals surface area contributed by atoms with Crippen molar-refractivity contribution in [3.05, 3.63) is 0 Å². The van der Waals surface area contributed by atoms with Crippen molar-refractivity contribution in [2.75, 3.05) is 0 Å². The third kappa shape index (κ3) is 2.02. The first-order valence-corrected chi connectivity index (χ1v) is 4.55. The first-order valence-electron chi connectivity index (χ1n) is 3.07. The predicted octanol–water partition coefficient (Wildman–Crippen LogP) is 1.64. The Bertz CT molecular complexity index is 46.1. The molecule has 1 heteroatoms. The van der Waals surface area contributed by atoms with Crippen molar-refractivity contribution >= 4 is 22.3 Å². The molecule has 1 aliphatic rings. The van der Waals surface area contributed by atoms with Crippen LogP contribution < -0.4 is 0 Å². The van der Waals surface area contributed by atoms with Crippen LogP contribution in [0.1, 0.15) is 32.1 Å². The van der Waals surface area contributed by atoms with Gasteiger partial charge in [0, 0.05) is 0 Å². The maximum absolute atomic E-state index is 2.03. The molecule has 0 aliphatic heterocycles. The molecule has 0 saturated heterocycles. The zero-order chi connectivity index (χ0) is 5.11. The summed E-state index contributed by atoms with van der Waals surface area (Å²) in [5.74, 6) is 0. The summed E-state index contributed by atoms with van der Waals surface area (Å²) >= 11 is 2.03. The van der Waals surface area contributed by atoms with Crippen LogP contribution in [0.15, 0.2) is 0 Å². The van der Waals surface area contributed by atoms with Gasteiger partial charge >= 0.3 is 58.4 Å². The number of hydrogen-bond donors (Lipinski definition) is 0. The molecule has 0 N–H and O–H groups in total. The average molecular weight is 212 g/mol. The van der Waals surface area contributed by atoms with Gasteiger partial charge in [0.25, 0.3) is 0 Å². The molecule has 1 saturated carbocycles. The van der Waals surface area contributed by atoms with Crippen molar-refractivity contribution in [1.29, 1.82) is 0 Å². The second-order valence-electron chi connectivity index (χ2n) is 2.29. The van der Waals surface area contributed by atoms with Crippen LogP contribution in [-0.2, 0) is 0 Å². The Morgan fingerprint density at radius 1 is 1.00 bits per heavy atom. The summed E-state index contributed by atoms with van der Waals surface area (Å²) in [5.41, 5.74) is 0. The molecule has 42 valence electrons. The fourth-order valence-electron chi connectivity index (χ4n) is 1.08. The van der Waals surface area contributed by atoms with Crippen molar-refractivity contribution in [1.82, 2.24) is 0 Å². The summed E-state index contributed by atoms with van der Waals surface area (Å²) in [6.45, 7) is 0. The molecule has 0 nitrogen and oxygen atoms in total. The zero-order valence-electron chi connectivity index (χ0n) is 4.56. The van der Waals surface area contributed by atoms with E-state index < -0.39 is 0 Å². The first-order chi connectivity index (χ1) is 3.39. The van der Waals surface area contributed by atoms with E-state index in [1.807, 2.05) is 22.3 Å². The molecule has 0 aromatic heterocycles. The van der Waals surface area contributed by atoms with Gasteiger partial charge in [-0.15, -0.1) is 0 Å². The van der Waals surface area contributed by atoms with Gasteiger partial charge in [0.05, 0.1) is 0 Å². The number of rotatable bonds is 0. The van der Waals surface area contributed by atoms with E-state index in [-0.39, 0.29) is 0 Å². The third-order valence-corrected chi connectivity index (χ3v) is 3.05. The second kappa shape index (κ2) is 2.95. The van der Waals surface area contributed by atoms with Gasteiger partial charge in [-0.05, 0) is 0 Å². The molecule has 1 aliphatic carbocycles. The molecule has 0 spiro atoms. The van der Waals surface area contributed by atoms with E-state index in [0.29, 0.717) is 0 Å². The summed E-state index contributed by atoms with van der Waals surface area (Å²) in [6, 6.07) is 0. The standard InChI is InChI=1S/C6H12Te/c7-6-4-2-1-3-5-6/h6-7H,1-5H2. The Balaban J connectivity index is 2.12. The molecule has 0 aromatic rings. The van der Waals surface area contributed by atoms with E-state index in [2.05, 4.69) is 0 Å². The van der Waals surface area contributed by atoms with E-state index in [4.69, 9.17) is 0 Å². The molecule has 0 atom stereocenters. The fourth-order valence-corrected chi connectivity index (χ4v) is 2.12. The molecule has 0 heterocycles.